The minimum atomic E-state index is -0.392. The quantitative estimate of drug-likeness (QED) is 0.583. The van der Waals surface area contributed by atoms with E-state index in [0.29, 0.717) is 28.6 Å². The van der Waals surface area contributed by atoms with E-state index in [-0.39, 0.29) is 0 Å². The van der Waals surface area contributed by atoms with Gasteiger partial charge < -0.3 is 18.9 Å². The van der Waals surface area contributed by atoms with Crippen molar-refractivity contribution in [2.75, 3.05) is 21.3 Å². The summed E-state index contributed by atoms with van der Waals surface area (Å²) in [5.74, 6) is 1.70. The van der Waals surface area contributed by atoms with Gasteiger partial charge in [-0.1, -0.05) is 12.1 Å². The summed E-state index contributed by atoms with van der Waals surface area (Å²) in [5, 5.41) is 0. The first-order valence-corrected chi connectivity index (χ1v) is 8.50. The van der Waals surface area contributed by atoms with Crippen LogP contribution in [0.3, 0.4) is 0 Å². The van der Waals surface area contributed by atoms with Gasteiger partial charge in [-0.2, -0.15) is 0 Å². The number of esters is 1. The van der Waals surface area contributed by atoms with E-state index in [1.54, 1.807) is 45.6 Å². The van der Waals surface area contributed by atoms with E-state index in [4.69, 9.17) is 18.9 Å². The summed E-state index contributed by atoms with van der Waals surface area (Å²) in [6, 6.07) is 9.54. The average Bonchev–Trinajstić information content (AvgIpc) is 3.03. The Kier molecular flexibility index (Phi) is 5.21. The Morgan fingerprint density at radius 1 is 0.889 bits per heavy atom. The van der Waals surface area contributed by atoms with Gasteiger partial charge in [-0.25, -0.2) is 4.79 Å². The van der Waals surface area contributed by atoms with Gasteiger partial charge in [0.15, 0.2) is 11.5 Å². The fraction of sp³-hybridized carbons (Fsp3) is 0.227. The molecule has 1 aliphatic heterocycles. The molecule has 0 unspecified atom stereocenters. The number of rotatable bonds is 5. The molecule has 2 aromatic rings. The van der Waals surface area contributed by atoms with Crippen molar-refractivity contribution in [3.8, 4) is 17.2 Å². The molecule has 3 rings (SSSR count). The first kappa shape index (κ1) is 18.6. The molecule has 2 aromatic carbocycles. The number of hydrogen-bond acceptors (Lipinski definition) is 5. The van der Waals surface area contributed by atoms with Gasteiger partial charge in [-0.05, 0) is 60.9 Å². The zero-order chi connectivity index (χ0) is 19.6. The molecule has 5 heteroatoms. The van der Waals surface area contributed by atoms with Gasteiger partial charge in [0.05, 0.1) is 26.9 Å². The van der Waals surface area contributed by atoms with Crippen LogP contribution in [0.4, 0.5) is 0 Å². The van der Waals surface area contributed by atoms with Crippen molar-refractivity contribution >= 4 is 17.8 Å². The van der Waals surface area contributed by atoms with Crippen molar-refractivity contribution in [2.24, 2.45) is 0 Å². The maximum atomic E-state index is 12.3. The Bertz CT molecular complexity index is 928. The Morgan fingerprint density at radius 2 is 1.56 bits per heavy atom. The molecule has 0 atom stereocenters. The minimum Gasteiger partial charge on any atom is -0.493 e. The molecule has 0 saturated heterocycles. The van der Waals surface area contributed by atoms with E-state index in [1.165, 1.54) is 5.56 Å². The van der Waals surface area contributed by atoms with Gasteiger partial charge in [0.25, 0.3) is 0 Å². The third-order valence-corrected chi connectivity index (χ3v) is 4.53. The molecule has 0 spiro atoms. The number of hydrogen-bond donors (Lipinski definition) is 0. The lowest BCUT2D eigenvalue weighted by Gasteiger charge is -2.12. The number of carbonyl (C=O) groups excluding carboxylic acids is 1. The first-order chi connectivity index (χ1) is 13.0. The predicted molar refractivity (Wildman–Crippen MR) is 104 cm³/mol. The van der Waals surface area contributed by atoms with E-state index >= 15 is 0 Å². The Morgan fingerprint density at radius 3 is 2.11 bits per heavy atom. The fourth-order valence-corrected chi connectivity index (χ4v) is 2.89. The monoisotopic (exact) mass is 366 g/mol. The maximum absolute atomic E-state index is 12.3. The van der Waals surface area contributed by atoms with E-state index in [2.05, 4.69) is 0 Å². The summed E-state index contributed by atoms with van der Waals surface area (Å²) in [4.78, 5) is 12.3. The Balaban J connectivity index is 2.00. The molecule has 0 aliphatic carbocycles. The van der Waals surface area contributed by atoms with E-state index in [0.717, 1.165) is 16.7 Å². The van der Waals surface area contributed by atoms with E-state index < -0.39 is 5.97 Å². The smallest absolute Gasteiger partial charge is 0.343 e. The van der Waals surface area contributed by atoms with Crippen LogP contribution in [0.2, 0.25) is 0 Å². The summed E-state index contributed by atoms with van der Waals surface area (Å²) in [6.45, 7) is 4.08. The third kappa shape index (κ3) is 3.67. The highest BCUT2D eigenvalue weighted by molar-refractivity contribution is 6.05. The number of carbonyl (C=O) groups is 1. The lowest BCUT2D eigenvalue weighted by molar-refractivity contribution is -0.130. The van der Waals surface area contributed by atoms with Gasteiger partial charge in [0.2, 0.25) is 5.75 Å². The highest BCUT2D eigenvalue weighted by Gasteiger charge is 2.23. The second-order valence-electron chi connectivity index (χ2n) is 6.26. The van der Waals surface area contributed by atoms with Crippen molar-refractivity contribution in [3.63, 3.8) is 0 Å². The lowest BCUT2D eigenvalue weighted by atomic mass is 10.0. The SMILES string of the molecule is COc1cc(/C=C2/C=C(c3ccc(C)c(C)c3)OC2=O)cc(OC)c1OC. The second kappa shape index (κ2) is 7.58. The Hall–Kier alpha value is -3.21. The molecule has 0 radical (unpaired) electrons. The second-order valence-corrected chi connectivity index (χ2v) is 6.26. The molecule has 0 aromatic heterocycles. The molecule has 0 N–H and O–H groups in total. The molecule has 1 aliphatic rings. The normalized spacial score (nSPS) is 14.8. The lowest BCUT2D eigenvalue weighted by Crippen LogP contribution is -1.98. The van der Waals surface area contributed by atoms with Crippen LogP contribution in [0.1, 0.15) is 22.3 Å². The average molecular weight is 366 g/mol. The van der Waals surface area contributed by atoms with E-state index in [1.807, 2.05) is 32.0 Å². The zero-order valence-corrected chi connectivity index (χ0v) is 16.1. The van der Waals surface area contributed by atoms with Crippen LogP contribution in [0.25, 0.3) is 11.8 Å². The van der Waals surface area contributed by atoms with Crippen LogP contribution in [0.15, 0.2) is 42.0 Å². The van der Waals surface area contributed by atoms with E-state index in [9.17, 15) is 4.79 Å². The fourth-order valence-electron chi connectivity index (χ4n) is 2.89. The highest BCUT2D eigenvalue weighted by atomic mass is 16.5. The van der Waals surface area contributed by atoms with Gasteiger partial charge >= 0.3 is 5.97 Å². The van der Waals surface area contributed by atoms with Crippen LogP contribution >= 0.6 is 0 Å². The zero-order valence-electron chi connectivity index (χ0n) is 16.1. The number of aryl methyl sites for hydroxylation is 2. The van der Waals surface area contributed by atoms with Crippen LogP contribution in [0.5, 0.6) is 17.2 Å². The largest absolute Gasteiger partial charge is 0.493 e. The van der Waals surface area contributed by atoms with Gasteiger partial charge in [0.1, 0.15) is 5.76 Å². The van der Waals surface area contributed by atoms with Gasteiger partial charge in [-0.15, -0.1) is 0 Å². The molecule has 27 heavy (non-hydrogen) atoms. The minimum absolute atomic E-state index is 0.392. The maximum Gasteiger partial charge on any atom is 0.343 e. The molecule has 1 heterocycles. The molecular weight excluding hydrogens is 344 g/mol. The van der Waals surface area contributed by atoms with Crippen LogP contribution in [-0.2, 0) is 9.53 Å². The van der Waals surface area contributed by atoms with Crippen molar-refractivity contribution in [1.29, 1.82) is 0 Å². The van der Waals surface area contributed by atoms with Crippen molar-refractivity contribution < 1.29 is 23.7 Å². The predicted octanol–water partition coefficient (Wildman–Crippen LogP) is 4.31. The number of benzene rings is 2. The third-order valence-electron chi connectivity index (χ3n) is 4.53. The summed E-state index contributed by atoms with van der Waals surface area (Å²) in [5.41, 5.74) is 4.41. The standard InChI is InChI=1S/C22H22O5/c1-13-6-7-16(8-14(13)2)18-12-17(22(23)27-18)9-15-10-19(24-3)21(26-5)20(11-15)25-4/h6-12H,1-5H3/b17-9-. The van der Waals surface area contributed by atoms with Crippen molar-refractivity contribution in [1.82, 2.24) is 0 Å². The molecule has 0 amide bonds. The van der Waals surface area contributed by atoms with Gasteiger partial charge in [-0.3, -0.25) is 0 Å². The Labute approximate surface area is 158 Å². The first-order valence-electron chi connectivity index (χ1n) is 8.50. The van der Waals surface area contributed by atoms with Crippen LogP contribution < -0.4 is 14.2 Å². The molecule has 5 nitrogen and oxygen atoms in total. The molecule has 0 saturated carbocycles. The van der Waals surface area contributed by atoms with Crippen molar-refractivity contribution in [3.05, 3.63) is 64.2 Å². The highest BCUT2D eigenvalue weighted by Crippen LogP contribution is 2.39. The molecule has 140 valence electrons. The van der Waals surface area contributed by atoms with Crippen LogP contribution in [0, 0.1) is 13.8 Å². The topological polar surface area (TPSA) is 54.0 Å². The number of methoxy groups -OCH3 is 3. The molecule has 0 bridgehead atoms. The molecule has 0 fully saturated rings. The number of ether oxygens (including phenoxy) is 4. The molecular formula is C22H22O5. The van der Waals surface area contributed by atoms with Gasteiger partial charge in [0, 0.05) is 5.56 Å². The summed E-state index contributed by atoms with van der Waals surface area (Å²) < 4.78 is 21.5. The summed E-state index contributed by atoms with van der Waals surface area (Å²) >= 11 is 0. The van der Waals surface area contributed by atoms with Crippen molar-refractivity contribution in [2.45, 2.75) is 13.8 Å². The number of cyclic esters (lactones) is 1. The van der Waals surface area contributed by atoms with Crippen LogP contribution in [-0.4, -0.2) is 27.3 Å². The summed E-state index contributed by atoms with van der Waals surface area (Å²) in [7, 11) is 4.65. The summed E-state index contributed by atoms with van der Waals surface area (Å²) in [6.07, 6.45) is 3.48.